The molecule has 0 N–H and O–H groups in total. The van der Waals surface area contributed by atoms with Crippen molar-refractivity contribution in [2.45, 2.75) is 6.92 Å². The van der Waals surface area contributed by atoms with E-state index >= 15 is 0 Å². The van der Waals surface area contributed by atoms with Crippen LogP contribution in [0.15, 0.2) is 6.20 Å². The fourth-order valence-electron chi connectivity index (χ4n) is 0.766. The van der Waals surface area contributed by atoms with E-state index < -0.39 is 4.92 Å². The quantitative estimate of drug-likeness (QED) is 0.433. The summed E-state index contributed by atoms with van der Waals surface area (Å²) in [6.07, 6.45) is 1.38. The fourth-order valence-corrected chi connectivity index (χ4v) is 0.766. The first-order chi connectivity index (χ1) is 4.61. The molecule has 0 saturated heterocycles. The Morgan fingerprint density at radius 3 is 2.70 bits per heavy atom. The summed E-state index contributed by atoms with van der Waals surface area (Å²) in [6, 6.07) is 0. The lowest BCUT2D eigenvalue weighted by atomic mass is 10.4. The van der Waals surface area contributed by atoms with Crippen molar-refractivity contribution < 1.29 is 6.35 Å². The average molecular weight is 143 g/mol. The molecule has 0 atom stereocenters. The van der Waals surface area contributed by atoms with E-state index in [0.717, 1.165) is 0 Å². The topological polar surface area (TPSA) is 61.0 Å². The van der Waals surface area contributed by atoms with Gasteiger partial charge in [-0.25, -0.2) is 0 Å². The fraction of sp³-hybridized carbons (Fsp3) is 0.400. The summed E-state index contributed by atoms with van der Waals surface area (Å²) < 4.78 is 1.42. The largest absolute Gasteiger partial charge is 0.309 e. The second-order valence-electron chi connectivity index (χ2n) is 2.03. The predicted octanol–water partition coefficient (Wildman–Crippen LogP) is 0.883. The van der Waals surface area contributed by atoms with Crippen LogP contribution in [0, 0.1) is 17.0 Å². The van der Waals surface area contributed by atoms with Gasteiger partial charge in [-0.3, -0.25) is 14.8 Å². The van der Waals surface area contributed by atoms with Crippen LogP contribution in [-0.2, 0) is 7.05 Å². The second-order valence-corrected chi connectivity index (χ2v) is 2.03. The molecule has 5 heteroatoms. The zero-order chi connectivity index (χ0) is 7.72. The van der Waals surface area contributed by atoms with E-state index in [1.165, 1.54) is 10.9 Å². The summed E-state index contributed by atoms with van der Waals surface area (Å²) in [5, 5.41) is 14.0. The Hall–Kier alpha value is -1.39. The maximum absolute atomic E-state index is 10.2. The molecular formula is C5H9N3O2. The van der Waals surface area contributed by atoms with Crippen molar-refractivity contribution in [3.05, 3.63) is 22.0 Å². The van der Waals surface area contributed by atoms with E-state index in [0.29, 0.717) is 5.69 Å². The third kappa shape index (κ3) is 0.975. The number of aryl methyl sites for hydroxylation is 2. The van der Waals surface area contributed by atoms with Gasteiger partial charge in [0.25, 0.3) is 0 Å². The van der Waals surface area contributed by atoms with E-state index in [9.17, 15) is 10.1 Å². The summed E-state index contributed by atoms with van der Waals surface area (Å²) in [5.41, 5.74) is 0.523. The Kier molecular flexibility index (Phi) is 1.41. The molecule has 0 aliphatic heterocycles. The molecule has 0 radical (unpaired) electrons. The Labute approximate surface area is 58.9 Å². The van der Waals surface area contributed by atoms with Gasteiger partial charge < -0.3 is 0 Å². The monoisotopic (exact) mass is 143 g/mol. The number of hydrogen-bond acceptors (Lipinski definition) is 3. The summed E-state index contributed by atoms with van der Waals surface area (Å²) in [7, 11) is 1.65. The lowest BCUT2D eigenvalue weighted by Gasteiger charge is -1.81. The minimum absolute atomic E-state index is 0. The summed E-state index contributed by atoms with van der Waals surface area (Å²) in [4.78, 5) is 9.75. The van der Waals surface area contributed by atoms with Gasteiger partial charge in [0.1, 0.15) is 11.9 Å². The van der Waals surface area contributed by atoms with Crippen LogP contribution in [0.2, 0.25) is 0 Å². The van der Waals surface area contributed by atoms with Gasteiger partial charge in [0, 0.05) is 8.47 Å². The molecule has 0 aromatic carbocycles. The molecule has 5 nitrogen and oxygen atoms in total. The molecule has 0 unspecified atom stereocenters. The highest BCUT2D eigenvalue weighted by atomic mass is 16.6. The highest BCUT2D eigenvalue weighted by Crippen LogP contribution is 2.13. The van der Waals surface area contributed by atoms with Gasteiger partial charge in [-0.15, -0.1) is 0 Å². The summed E-state index contributed by atoms with van der Waals surface area (Å²) >= 11 is 0. The van der Waals surface area contributed by atoms with Crippen molar-refractivity contribution in [2.24, 2.45) is 7.05 Å². The minimum atomic E-state index is -0.442. The SMILES string of the molecule is Cc1nn(C)cc1[N+](=O)[O-].[HH]. The Morgan fingerprint density at radius 1 is 1.90 bits per heavy atom. The first-order valence-electron chi connectivity index (χ1n) is 2.76. The van der Waals surface area contributed by atoms with Crippen molar-refractivity contribution in [1.29, 1.82) is 0 Å². The molecule has 10 heavy (non-hydrogen) atoms. The molecule has 0 amide bonds. The van der Waals surface area contributed by atoms with Crippen LogP contribution in [0.25, 0.3) is 0 Å². The molecule has 0 aliphatic carbocycles. The van der Waals surface area contributed by atoms with Crippen LogP contribution >= 0.6 is 0 Å². The number of nitro groups is 1. The highest BCUT2D eigenvalue weighted by Gasteiger charge is 2.12. The molecule has 1 aromatic heterocycles. The molecule has 1 heterocycles. The molecule has 1 rings (SSSR count). The van der Waals surface area contributed by atoms with Crippen LogP contribution in [0.4, 0.5) is 5.69 Å². The van der Waals surface area contributed by atoms with Crippen molar-refractivity contribution in [2.75, 3.05) is 0 Å². The first-order valence-corrected chi connectivity index (χ1v) is 2.76. The van der Waals surface area contributed by atoms with Gasteiger partial charge in [0.15, 0.2) is 0 Å². The summed E-state index contributed by atoms with van der Waals surface area (Å²) in [5.74, 6) is 0. The molecule has 56 valence electrons. The third-order valence-electron chi connectivity index (χ3n) is 1.18. The first kappa shape index (κ1) is 6.73. The van der Waals surface area contributed by atoms with Gasteiger partial charge in [0.05, 0.1) is 4.92 Å². The third-order valence-corrected chi connectivity index (χ3v) is 1.18. The van der Waals surface area contributed by atoms with Crippen molar-refractivity contribution in [3.63, 3.8) is 0 Å². The van der Waals surface area contributed by atoms with Gasteiger partial charge >= 0.3 is 5.69 Å². The number of hydrogen-bond donors (Lipinski definition) is 0. The van der Waals surface area contributed by atoms with E-state index in [4.69, 9.17) is 0 Å². The van der Waals surface area contributed by atoms with E-state index in [1.807, 2.05) is 0 Å². The lowest BCUT2D eigenvalue weighted by Crippen LogP contribution is -1.86. The average Bonchev–Trinajstić information content (AvgIpc) is 2.10. The van der Waals surface area contributed by atoms with Gasteiger partial charge in [-0.2, -0.15) is 5.10 Å². The van der Waals surface area contributed by atoms with Crippen molar-refractivity contribution >= 4 is 5.69 Å². The Morgan fingerprint density at radius 2 is 2.50 bits per heavy atom. The van der Waals surface area contributed by atoms with Gasteiger partial charge in [-0.05, 0) is 6.92 Å². The van der Waals surface area contributed by atoms with Gasteiger partial charge in [0.2, 0.25) is 0 Å². The van der Waals surface area contributed by atoms with Crippen LogP contribution in [0.5, 0.6) is 0 Å². The molecule has 0 aliphatic rings. The molecule has 0 spiro atoms. The zero-order valence-electron chi connectivity index (χ0n) is 5.74. The van der Waals surface area contributed by atoms with Gasteiger partial charge in [-0.1, -0.05) is 0 Å². The summed E-state index contributed by atoms with van der Waals surface area (Å²) in [6.45, 7) is 1.61. The van der Waals surface area contributed by atoms with Crippen LogP contribution in [0.3, 0.4) is 0 Å². The Balaban J connectivity index is 0.000001000. The highest BCUT2D eigenvalue weighted by molar-refractivity contribution is 5.30. The van der Waals surface area contributed by atoms with Crippen LogP contribution < -0.4 is 0 Å². The maximum Gasteiger partial charge on any atom is 0.309 e. The minimum Gasteiger partial charge on any atom is -0.268 e. The number of rotatable bonds is 1. The molecular weight excluding hydrogens is 134 g/mol. The normalized spacial score (nSPS) is 9.80. The smallest absolute Gasteiger partial charge is 0.268 e. The second kappa shape index (κ2) is 2.09. The van der Waals surface area contributed by atoms with E-state index in [-0.39, 0.29) is 7.11 Å². The van der Waals surface area contributed by atoms with Crippen molar-refractivity contribution in [1.82, 2.24) is 9.78 Å². The zero-order valence-corrected chi connectivity index (χ0v) is 5.74. The maximum atomic E-state index is 10.2. The van der Waals surface area contributed by atoms with Crippen LogP contribution in [-0.4, -0.2) is 14.7 Å². The standard InChI is InChI=1S/C5H7N3O2.H2/c1-4-5(8(9)10)3-7(2)6-4;/h3H,1-2H3;1H. The molecule has 0 fully saturated rings. The molecule has 1 aromatic rings. The Bertz CT molecular complexity index is 271. The van der Waals surface area contributed by atoms with Crippen LogP contribution in [0.1, 0.15) is 7.12 Å². The number of aromatic nitrogens is 2. The van der Waals surface area contributed by atoms with E-state index in [1.54, 1.807) is 14.0 Å². The number of nitrogens with zero attached hydrogens (tertiary/aromatic N) is 3. The van der Waals surface area contributed by atoms with E-state index in [2.05, 4.69) is 5.10 Å². The molecule has 0 bridgehead atoms. The lowest BCUT2D eigenvalue weighted by molar-refractivity contribution is -0.385. The predicted molar refractivity (Wildman–Crippen MR) is 36.7 cm³/mol. The van der Waals surface area contributed by atoms with Crippen molar-refractivity contribution in [3.8, 4) is 0 Å². The molecule has 0 saturated carbocycles.